The molecular formula is C20H22O6. The topological polar surface area (TPSA) is 78.9 Å². The van der Waals surface area contributed by atoms with Crippen LogP contribution in [0.1, 0.15) is 20.3 Å². The van der Waals surface area contributed by atoms with Gasteiger partial charge in [0.15, 0.2) is 0 Å². The van der Waals surface area contributed by atoms with Gasteiger partial charge in [0.2, 0.25) is 0 Å². The molecule has 1 aliphatic carbocycles. The molecule has 3 fully saturated rings. The van der Waals surface area contributed by atoms with Crippen LogP contribution in [0, 0.1) is 17.3 Å². The second-order valence-electron chi connectivity index (χ2n) is 7.00. The summed E-state index contributed by atoms with van der Waals surface area (Å²) >= 11 is 0. The number of hydrogen-bond donors (Lipinski definition) is 0. The maximum absolute atomic E-state index is 12.7. The molecule has 2 heterocycles. The van der Waals surface area contributed by atoms with E-state index in [0.29, 0.717) is 11.1 Å². The Morgan fingerprint density at radius 2 is 2.04 bits per heavy atom. The highest BCUT2D eigenvalue weighted by Gasteiger charge is 2.64. The van der Waals surface area contributed by atoms with Crippen LogP contribution >= 0.6 is 0 Å². The first-order valence-electron chi connectivity index (χ1n) is 8.49. The molecule has 3 rings (SSSR count). The van der Waals surface area contributed by atoms with Crippen LogP contribution in [0.5, 0.6) is 0 Å². The summed E-state index contributed by atoms with van der Waals surface area (Å²) in [5.74, 6) is -2.54. The monoisotopic (exact) mass is 358 g/mol. The minimum Gasteiger partial charge on any atom is -0.460 e. The van der Waals surface area contributed by atoms with Crippen molar-refractivity contribution in [3.63, 3.8) is 0 Å². The lowest BCUT2D eigenvalue weighted by molar-refractivity contribution is -0.183. The SMILES string of the molecule is C=C[C@]12C[C@H](OC(=O)/C(C)=C/C)[C@H]3C(=C)C(=O)O[C@@H]3[C@H]1C(=C)COC2=O. The maximum atomic E-state index is 12.7. The van der Waals surface area contributed by atoms with Crippen LogP contribution in [-0.4, -0.2) is 36.7 Å². The van der Waals surface area contributed by atoms with Crippen LogP contribution in [0.25, 0.3) is 0 Å². The molecule has 0 aromatic heterocycles. The summed E-state index contributed by atoms with van der Waals surface area (Å²) in [4.78, 5) is 37.1. The number of carbonyl (C=O) groups excluding carboxylic acids is 3. The zero-order valence-electron chi connectivity index (χ0n) is 14.9. The second kappa shape index (κ2) is 6.27. The van der Waals surface area contributed by atoms with Crippen molar-refractivity contribution in [1.29, 1.82) is 0 Å². The molecule has 2 saturated heterocycles. The van der Waals surface area contributed by atoms with Crippen molar-refractivity contribution in [2.24, 2.45) is 17.3 Å². The fourth-order valence-electron chi connectivity index (χ4n) is 4.14. The summed E-state index contributed by atoms with van der Waals surface area (Å²) in [6, 6.07) is 0. The second-order valence-corrected chi connectivity index (χ2v) is 7.00. The molecule has 138 valence electrons. The largest absolute Gasteiger partial charge is 0.460 e. The molecule has 0 N–H and O–H groups in total. The van der Waals surface area contributed by atoms with E-state index in [0.717, 1.165) is 0 Å². The molecule has 26 heavy (non-hydrogen) atoms. The number of allylic oxidation sites excluding steroid dienone is 1. The van der Waals surface area contributed by atoms with E-state index in [4.69, 9.17) is 14.2 Å². The van der Waals surface area contributed by atoms with Gasteiger partial charge in [-0.1, -0.05) is 25.3 Å². The van der Waals surface area contributed by atoms with Crippen molar-refractivity contribution in [2.45, 2.75) is 32.5 Å². The van der Waals surface area contributed by atoms with Gasteiger partial charge < -0.3 is 14.2 Å². The van der Waals surface area contributed by atoms with Crippen LogP contribution in [0.4, 0.5) is 0 Å². The highest BCUT2D eigenvalue weighted by atomic mass is 16.6. The van der Waals surface area contributed by atoms with E-state index >= 15 is 0 Å². The van der Waals surface area contributed by atoms with E-state index in [-0.39, 0.29) is 18.6 Å². The fourth-order valence-corrected chi connectivity index (χ4v) is 4.14. The molecule has 6 heteroatoms. The van der Waals surface area contributed by atoms with Gasteiger partial charge in [0.1, 0.15) is 18.8 Å². The van der Waals surface area contributed by atoms with Crippen molar-refractivity contribution in [1.82, 2.24) is 0 Å². The van der Waals surface area contributed by atoms with Crippen LogP contribution in [-0.2, 0) is 28.6 Å². The number of carbonyl (C=O) groups is 3. The van der Waals surface area contributed by atoms with E-state index in [1.807, 2.05) is 0 Å². The summed E-state index contributed by atoms with van der Waals surface area (Å²) < 4.78 is 16.4. The normalized spacial score (nSPS) is 36.6. The lowest BCUT2D eigenvalue weighted by atomic mass is 9.57. The minimum absolute atomic E-state index is 0.0640. The van der Waals surface area contributed by atoms with Gasteiger partial charge in [-0.15, -0.1) is 6.58 Å². The summed E-state index contributed by atoms with van der Waals surface area (Å²) in [5.41, 5.74) is 0.172. The molecular weight excluding hydrogens is 336 g/mol. The van der Waals surface area contributed by atoms with E-state index in [1.54, 1.807) is 19.9 Å². The molecule has 0 aromatic carbocycles. The number of hydrogen-bond acceptors (Lipinski definition) is 6. The van der Waals surface area contributed by atoms with Crippen molar-refractivity contribution >= 4 is 17.9 Å². The first kappa shape index (κ1) is 18.2. The van der Waals surface area contributed by atoms with Gasteiger partial charge in [-0.3, -0.25) is 4.79 Å². The quantitative estimate of drug-likeness (QED) is 0.333. The third kappa shape index (κ3) is 2.43. The van der Waals surface area contributed by atoms with Crippen LogP contribution in [0.2, 0.25) is 0 Å². The van der Waals surface area contributed by atoms with Gasteiger partial charge in [-0.05, 0) is 19.4 Å². The third-order valence-corrected chi connectivity index (χ3v) is 5.67. The van der Waals surface area contributed by atoms with Crippen molar-refractivity contribution in [3.8, 4) is 0 Å². The van der Waals surface area contributed by atoms with Crippen molar-refractivity contribution in [3.05, 3.63) is 48.6 Å². The highest BCUT2D eigenvalue weighted by molar-refractivity contribution is 5.93. The van der Waals surface area contributed by atoms with Gasteiger partial charge in [-0.2, -0.15) is 0 Å². The predicted molar refractivity (Wildman–Crippen MR) is 92.7 cm³/mol. The van der Waals surface area contributed by atoms with Crippen LogP contribution in [0.3, 0.4) is 0 Å². The zero-order chi connectivity index (χ0) is 19.2. The Hall–Kier alpha value is -2.63. The van der Waals surface area contributed by atoms with Crippen molar-refractivity contribution < 1.29 is 28.6 Å². The number of cyclic esters (lactones) is 1. The Morgan fingerprint density at radius 1 is 1.35 bits per heavy atom. The van der Waals surface area contributed by atoms with Crippen LogP contribution < -0.4 is 0 Å². The molecule has 0 aromatic rings. The number of esters is 3. The highest BCUT2D eigenvalue weighted by Crippen LogP contribution is 2.56. The molecule has 6 nitrogen and oxygen atoms in total. The maximum Gasteiger partial charge on any atom is 0.334 e. The summed E-state index contributed by atoms with van der Waals surface area (Å²) in [5, 5.41) is 0. The molecule has 5 atom stereocenters. The van der Waals surface area contributed by atoms with E-state index in [2.05, 4.69) is 19.7 Å². The van der Waals surface area contributed by atoms with E-state index < -0.39 is 47.4 Å². The van der Waals surface area contributed by atoms with E-state index in [9.17, 15) is 14.4 Å². The average Bonchev–Trinajstić information content (AvgIpc) is 2.92. The Bertz CT molecular complexity index is 760. The Labute approximate surface area is 152 Å². The average molecular weight is 358 g/mol. The van der Waals surface area contributed by atoms with Crippen molar-refractivity contribution in [2.75, 3.05) is 6.61 Å². The summed E-state index contributed by atoms with van der Waals surface area (Å²) in [7, 11) is 0. The number of ether oxygens (including phenoxy) is 3. The van der Waals surface area contributed by atoms with Gasteiger partial charge in [0.05, 0.1) is 11.3 Å². The van der Waals surface area contributed by atoms with E-state index in [1.165, 1.54) is 6.08 Å². The lowest BCUT2D eigenvalue weighted by Crippen LogP contribution is -2.58. The third-order valence-electron chi connectivity index (χ3n) is 5.67. The molecule has 3 aliphatic rings. The number of rotatable bonds is 3. The van der Waals surface area contributed by atoms with Crippen LogP contribution in [0.15, 0.2) is 48.6 Å². The molecule has 0 radical (unpaired) electrons. The van der Waals surface area contributed by atoms with Gasteiger partial charge in [0.25, 0.3) is 0 Å². The molecule has 0 unspecified atom stereocenters. The minimum atomic E-state index is -1.16. The molecule has 2 aliphatic heterocycles. The standard InChI is InChI=1S/C20H22O6/c1-6-10(3)17(21)25-13-8-20(7-2)15(11(4)9-24-19(20)23)16-14(13)12(5)18(22)26-16/h6-7,13-16H,2,4-5,8-9H2,1,3H3/b10-6+/t13-,14+,15+,16-,20-/m0/s1. The van der Waals surface area contributed by atoms with Gasteiger partial charge in [-0.25, -0.2) is 9.59 Å². The summed E-state index contributed by atoms with van der Waals surface area (Å²) in [6.07, 6.45) is 1.83. The molecule has 0 bridgehead atoms. The smallest absolute Gasteiger partial charge is 0.334 e. The molecule has 0 spiro atoms. The first-order chi connectivity index (χ1) is 12.3. The Morgan fingerprint density at radius 3 is 2.65 bits per heavy atom. The Kier molecular flexibility index (Phi) is 4.38. The Balaban J connectivity index is 2.06. The lowest BCUT2D eigenvalue weighted by Gasteiger charge is -2.50. The molecule has 0 amide bonds. The molecule has 1 saturated carbocycles. The summed E-state index contributed by atoms with van der Waals surface area (Å²) in [6.45, 7) is 15.1. The predicted octanol–water partition coefficient (Wildman–Crippen LogP) is 2.27. The zero-order valence-corrected chi connectivity index (χ0v) is 14.9. The first-order valence-corrected chi connectivity index (χ1v) is 8.49. The van der Waals surface area contributed by atoms with Gasteiger partial charge >= 0.3 is 17.9 Å². The van der Waals surface area contributed by atoms with Gasteiger partial charge in [0, 0.05) is 23.5 Å². The fraction of sp³-hybridized carbons (Fsp3) is 0.450. The number of fused-ring (bicyclic) bond motifs is 3.